The highest BCUT2D eigenvalue weighted by Gasteiger charge is 2.26. The second-order valence-corrected chi connectivity index (χ2v) is 5.28. The van der Waals surface area contributed by atoms with Crippen LogP contribution in [0.4, 0.5) is 0 Å². The molecule has 1 aromatic rings. The van der Waals surface area contributed by atoms with Crippen molar-refractivity contribution in [2.45, 2.75) is 12.8 Å². The molecule has 1 unspecified atom stereocenters. The molecule has 21 heavy (non-hydrogen) atoms. The molecule has 0 bridgehead atoms. The van der Waals surface area contributed by atoms with E-state index in [1.54, 1.807) is 39.5 Å². The molecular formula is C16H23NO4. The van der Waals surface area contributed by atoms with Crippen molar-refractivity contribution in [2.24, 2.45) is 5.92 Å². The zero-order chi connectivity index (χ0) is 15.2. The largest absolute Gasteiger partial charge is 0.497 e. The quantitative estimate of drug-likeness (QED) is 0.835. The van der Waals surface area contributed by atoms with Crippen LogP contribution in [-0.2, 0) is 4.74 Å². The number of methoxy groups -OCH3 is 3. The third kappa shape index (κ3) is 3.67. The van der Waals surface area contributed by atoms with Crippen LogP contribution in [0.2, 0.25) is 0 Å². The molecule has 116 valence electrons. The summed E-state index contributed by atoms with van der Waals surface area (Å²) in [6.45, 7) is 2.22. The summed E-state index contributed by atoms with van der Waals surface area (Å²) < 4.78 is 15.7. The number of likely N-dealkylation sites (tertiary alicyclic amines) is 1. The maximum atomic E-state index is 12.7. The van der Waals surface area contributed by atoms with Crippen molar-refractivity contribution in [2.75, 3.05) is 41.0 Å². The topological polar surface area (TPSA) is 48.0 Å². The predicted octanol–water partition coefficient (Wildman–Crippen LogP) is 2.20. The highest BCUT2D eigenvalue weighted by Crippen LogP contribution is 2.27. The molecule has 2 rings (SSSR count). The summed E-state index contributed by atoms with van der Waals surface area (Å²) in [5, 5.41) is 0. The summed E-state index contributed by atoms with van der Waals surface area (Å²) in [4.78, 5) is 14.6. The summed E-state index contributed by atoms with van der Waals surface area (Å²) in [5.74, 6) is 1.65. The predicted molar refractivity (Wildman–Crippen MR) is 80.0 cm³/mol. The average Bonchev–Trinajstić information content (AvgIpc) is 2.54. The van der Waals surface area contributed by atoms with Gasteiger partial charge in [-0.1, -0.05) is 0 Å². The first-order chi connectivity index (χ1) is 10.2. The molecule has 1 heterocycles. The Morgan fingerprint density at radius 3 is 2.76 bits per heavy atom. The average molecular weight is 293 g/mol. The van der Waals surface area contributed by atoms with Crippen LogP contribution in [-0.4, -0.2) is 51.8 Å². The lowest BCUT2D eigenvalue weighted by atomic mass is 9.98. The van der Waals surface area contributed by atoms with Crippen LogP contribution in [0, 0.1) is 5.92 Å². The summed E-state index contributed by atoms with van der Waals surface area (Å²) >= 11 is 0. The Labute approximate surface area is 125 Å². The highest BCUT2D eigenvalue weighted by molar-refractivity contribution is 5.97. The molecule has 0 spiro atoms. The summed E-state index contributed by atoms with van der Waals surface area (Å²) in [7, 11) is 4.86. The lowest BCUT2D eigenvalue weighted by Crippen LogP contribution is -2.41. The minimum atomic E-state index is 0.00954. The fourth-order valence-corrected chi connectivity index (χ4v) is 2.77. The molecule has 1 aliphatic heterocycles. The standard InChI is InChI=1S/C16H23NO4/c1-19-11-12-5-4-8-17(10-12)16(18)14-7-6-13(20-2)9-15(14)21-3/h6-7,9,12H,4-5,8,10-11H2,1-3H3. The van der Waals surface area contributed by atoms with Crippen molar-refractivity contribution in [3.63, 3.8) is 0 Å². The van der Waals surface area contributed by atoms with Crippen LogP contribution in [0.25, 0.3) is 0 Å². The first-order valence-corrected chi connectivity index (χ1v) is 7.19. The van der Waals surface area contributed by atoms with Crippen molar-refractivity contribution in [3.8, 4) is 11.5 Å². The number of benzene rings is 1. The van der Waals surface area contributed by atoms with E-state index in [9.17, 15) is 4.79 Å². The van der Waals surface area contributed by atoms with Gasteiger partial charge < -0.3 is 19.1 Å². The van der Waals surface area contributed by atoms with Crippen LogP contribution < -0.4 is 9.47 Å². The Bertz CT molecular complexity index is 487. The van der Waals surface area contributed by atoms with E-state index in [-0.39, 0.29) is 5.91 Å². The molecule has 1 atom stereocenters. The molecule has 1 aromatic carbocycles. The zero-order valence-electron chi connectivity index (χ0n) is 12.9. The number of carbonyl (C=O) groups excluding carboxylic acids is 1. The second-order valence-electron chi connectivity index (χ2n) is 5.28. The van der Waals surface area contributed by atoms with Crippen molar-refractivity contribution >= 4 is 5.91 Å². The zero-order valence-corrected chi connectivity index (χ0v) is 12.9. The van der Waals surface area contributed by atoms with Crippen LogP contribution >= 0.6 is 0 Å². The van der Waals surface area contributed by atoms with Gasteiger partial charge in [0, 0.05) is 26.3 Å². The molecule has 0 N–H and O–H groups in total. The SMILES string of the molecule is COCC1CCCN(C(=O)c2ccc(OC)cc2OC)C1. The van der Waals surface area contributed by atoms with Crippen molar-refractivity contribution < 1.29 is 19.0 Å². The fourth-order valence-electron chi connectivity index (χ4n) is 2.77. The van der Waals surface area contributed by atoms with Gasteiger partial charge in [-0.15, -0.1) is 0 Å². The molecule has 5 heteroatoms. The minimum Gasteiger partial charge on any atom is -0.497 e. The fraction of sp³-hybridized carbons (Fsp3) is 0.562. The van der Waals surface area contributed by atoms with Crippen molar-refractivity contribution in [1.82, 2.24) is 4.90 Å². The van der Waals surface area contributed by atoms with Gasteiger partial charge in [-0.25, -0.2) is 0 Å². The first-order valence-electron chi connectivity index (χ1n) is 7.19. The van der Waals surface area contributed by atoms with Gasteiger partial charge in [-0.2, -0.15) is 0 Å². The Hall–Kier alpha value is -1.75. The molecule has 1 aliphatic rings. The van der Waals surface area contributed by atoms with E-state index in [1.807, 2.05) is 4.90 Å². The van der Waals surface area contributed by atoms with Crippen LogP contribution in [0.5, 0.6) is 11.5 Å². The lowest BCUT2D eigenvalue weighted by molar-refractivity contribution is 0.0568. The molecular weight excluding hydrogens is 270 g/mol. The normalized spacial score (nSPS) is 18.4. The van der Waals surface area contributed by atoms with E-state index in [0.717, 1.165) is 25.9 Å². The number of hydrogen-bond acceptors (Lipinski definition) is 4. The monoisotopic (exact) mass is 293 g/mol. The molecule has 0 radical (unpaired) electrons. The second kappa shape index (κ2) is 7.31. The number of ether oxygens (including phenoxy) is 3. The van der Waals surface area contributed by atoms with E-state index in [4.69, 9.17) is 14.2 Å². The van der Waals surface area contributed by atoms with Gasteiger partial charge >= 0.3 is 0 Å². The van der Waals surface area contributed by atoms with Crippen molar-refractivity contribution in [3.05, 3.63) is 23.8 Å². The van der Waals surface area contributed by atoms with Crippen LogP contribution in [0.15, 0.2) is 18.2 Å². The summed E-state index contributed by atoms with van der Waals surface area (Å²) in [6, 6.07) is 5.29. The molecule has 5 nitrogen and oxygen atoms in total. The van der Waals surface area contributed by atoms with E-state index < -0.39 is 0 Å². The number of hydrogen-bond donors (Lipinski definition) is 0. The molecule has 0 aromatic heterocycles. The van der Waals surface area contributed by atoms with Gasteiger partial charge in [0.15, 0.2) is 0 Å². The molecule has 1 amide bonds. The van der Waals surface area contributed by atoms with Gasteiger partial charge in [-0.05, 0) is 30.9 Å². The van der Waals surface area contributed by atoms with E-state index in [1.165, 1.54) is 0 Å². The summed E-state index contributed by atoms with van der Waals surface area (Å²) in [6.07, 6.45) is 2.12. The lowest BCUT2D eigenvalue weighted by Gasteiger charge is -2.32. The summed E-state index contributed by atoms with van der Waals surface area (Å²) in [5.41, 5.74) is 0.580. The van der Waals surface area contributed by atoms with E-state index >= 15 is 0 Å². The minimum absolute atomic E-state index is 0.00954. The number of piperidine rings is 1. The van der Waals surface area contributed by atoms with Crippen molar-refractivity contribution in [1.29, 1.82) is 0 Å². The van der Waals surface area contributed by atoms with Crippen LogP contribution in [0.1, 0.15) is 23.2 Å². The maximum absolute atomic E-state index is 12.7. The number of nitrogens with zero attached hydrogens (tertiary/aromatic N) is 1. The number of carbonyl (C=O) groups is 1. The van der Waals surface area contributed by atoms with E-state index in [0.29, 0.717) is 29.6 Å². The van der Waals surface area contributed by atoms with E-state index in [2.05, 4.69) is 0 Å². The third-order valence-corrected chi connectivity index (χ3v) is 3.85. The van der Waals surface area contributed by atoms with Gasteiger partial charge in [0.2, 0.25) is 0 Å². The Morgan fingerprint density at radius 1 is 1.29 bits per heavy atom. The van der Waals surface area contributed by atoms with Gasteiger partial charge in [0.25, 0.3) is 5.91 Å². The number of rotatable bonds is 5. The smallest absolute Gasteiger partial charge is 0.257 e. The first kappa shape index (κ1) is 15.6. The Morgan fingerprint density at radius 2 is 2.10 bits per heavy atom. The van der Waals surface area contributed by atoms with Gasteiger partial charge in [-0.3, -0.25) is 4.79 Å². The highest BCUT2D eigenvalue weighted by atomic mass is 16.5. The van der Waals surface area contributed by atoms with Crippen LogP contribution in [0.3, 0.4) is 0 Å². The number of amides is 1. The molecule has 0 saturated carbocycles. The molecule has 0 aliphatic carbocycles. The molecule has 1 saturated heterocycles. The Balaban J connectivity index is 2.15. The Kier molecular flexibility index (Phi) is 5.44. The molecule has 1 fully saturated rings. The maximum Gasteiger partial charge on any atom is 0.257 e. The third-order valence-electron chi connectivity index (χ3n) is 3.85. The van der Waals surface area contributed by atoms with Gasteiger partial charge in [0.1, 0.15) is 11.5 Å². The van der Waals surface area contributed by atoms with Gasteiger partial charge in [0.05, 0.1) is 26.4 Å².